The number of benzene rings is 2. The third kappa shape index (κ3) is 6.55. The molecule has 4 N–H and O–H groups in total. The third-order valence-electron chi connectivity index (χ3n) is 2.86. The van der Waals surface area contributed by atoms with Crippen molar-refractivity contribution in [2.75, 3.05) is 6.54 Å². The maximum absolute atomic E-state index is 10.8. The Morgan fingerprint density at radius 3 is 2.13 bits per heavy atom. The zero-order valence-electron chi connectivity index (χ0n) is 12.2. The van der Waals surface area contributed by atoms with Crippen LogP contribution in [0.4, 0.5) is 0 Å². The van der Waals surface area contributed by atoms with Crippen LogP contribution in [0.2, 0.25) is 0 Å². The minimum absolute atomic E-state index is 0.0475. The SMILES string of the molecule is NCC(=O)CCC(=O)O.O=S(=O)(O)c1ccc2ccccc2c1. The zero-order chi connectivity index (χ0) is 17.5. The Hall–Kier alpha value is -2.29. The van der Waals surface area contributed by atoms with Crippen molar-refractivity contribution in [3.05, 3.63) is 42.5 Å². The molecule has 7 nitrogen and oxygen atoms in total. The van der Waals surface area contributed by atoms with E-state index in [1.807, 2.05) is 18.2 Å². The van der Waals surface area contributed by atoms with Crippen LogP contribution in [0, 0.1) is 0 Å². The fourth-order valence-electron chi connectivity index (χ4n) is 1.68. The average Bonchev–Trinajstić information content (AvgIpc) is 2.51. The summed E-state index contributed by atoms with van der Waals surface area (Å²) < 4.78 is 30.5. The molecule has 0 unspecified atom stereocenters. The summed E-state index contributed by atoms with van der Waals surface area (Å²) in [7, 11) is -4.09. The first-order chi connectivity index (χ1) is 10.7. The summed E-state index contributed by atoms with van der Waals surface area (Å²) in [6.45, 7) is -0.0622. The number of hydrogen-bond acceptors (Lipinski definition) is 5. The molecule has 2 rings (SSSR count). The summed E-state index contributed by atoms with van der Waals surface area (Å²) >= 11 is 0. The summed E-state index contributed by atoms with van der Waals surface area (Å²) in [5, 5.41) is 9.80. The van der Waals surface area contributed by atoms with Gasteiger partial charge in [0.05, 0.1) is 17.9 Å². The van der Waals surface area contributed by atoms with Crippen molar-refractivity contribution in [1.82, 2.24) is 0 Å². The molecule has 0 aromatic heterocycles. The molecule has 0 aliphatic carbocycles. The van der Waals surface area contributed by atoms with E-state index in [9.17, 15) is 18.0 Å². The lowest BCUT2D eigenvalue weighted by Crippen LogP contribution is -2.14. The number of aliphatic carboxylic acids is 1. The summed E-state index contributed by atoms with van der Waals surface area (Å²) in [5.41, 5.74) is 4.92. The monoisotopic (exact) mass is 339 g/mol. The van der Waals surface area contributed by atoms with Gasteiger partial charge >= 0.3 is 5.97 Å². The number of carbonyl (C=O) groups is 2. The number of nitrogens with two attached hydrogens (primary N) is 1. The Balaban J connectivity index is 0.000000257. The van der Waals surface area contributed by atoms with Gasteiger partial charge in [0.1, 0.15) is 5.78 Å². The van der Waals surface area contributed by atoms with E-state index in [2.05, 4.69) is 0 Å². The first kappa shape index (κ1) is 18.8. The highest BCUT2D eigenvalue weighted by Crippen LogP contribution is 2.18. The molecule has 8 heteroatoms. The van der Waals surface area contributed by atoms with Crippen molar-refractivity contribution in [2.24, 2.45) is 5.73 Å². The summed E-state index contributed by atoms with van der Waals surface area (Å²) in [6, 6.07) is 11.9. The van der Waals surface area contributed by atoms with Crippen LogP contribution in [0.25, 0.3) is 10.8 Å². The third-order valence-corrected chi connectivity index (χ3v) is 3.71. The fraction of sp³-hybridized carbons (Fsp3) is 0.200. The first-order valence-corrected chi connectivity index (χ1v) is 8.08. The summed E-state index contributed by atoms with van der Waals surface area (Å²) in [5.74, 6) is -1.17. The van der Waals surface area contributed by atoms with Crippen LogP contribution < -0.4 is 5.73 Å². The molecule has 0 radical (unpaired) electrons. The molecule has 0 atom stereocenters. The minimum Gasteiger partial charge on any atom is -0.481 e. The lowest BCUT2D eigenvalue weighted by molar-refractivity contribution is -0.138. The number of rotatable bonds is 5. The van der Waals surface area contributed by atoms with Crippen LogP contribution in [0.5, 0.6) is 0 Å². The normalized spacial score (nSPS) is 10.7. The molecule has 23 heavy (non-hydrogen) atoms. The van der Waals surface area contributed by atoms with Gasteiger partial charge in [0.15, 0.2) is 0 Å². The number of hydrogen-bond donors (Lipinski definition) is 3. The Morgan fingerprint density at radius 1 is 1.00 bits per heavy atom. The van der Waals surface area contributed by atoms with Crippen LogP contribution in [0.1, 0.15) is 12.8 Å². The number of carbonyl (C=O) groups excluding carboxylic acids is 1. The van der Waals surface area contributed by atoms with Gasteiger partial charge in [-0.1, -0.05) is 30.3 Å². The predicted molar refractivity (Wildman–Crippen MR) is 84.7 cm³/mol. The highest BCUT2D eigenvalue weighted by Gasteiger charge is 2.08. The summed E-state index contributed by atoms with van der Waals surface area (Å²) in [4.78, 5) is 20.1. The maximum atomic E-state index is 10.8. The van der Waals surface area contributed by atoms with Crippen molar-refractivity contribution in [1.29, 1.82) is 0 Å². The highest BCUT2D eigenvalue weighted by atomic mass is 32.2. The highest BCUT2D eigenvalue weighted by molar-refractivity contribution is 7.85. The van der Waals surface area contributed by atoms with E-state index in [4.69, 9.17) is 15.4 Å². The lowest BCUT2D eigenvalue weighted by atomic mass is 10.1. The largest absolute Gasteiger partial charge is 0.481 e. The average molecular weight is 339 g/mol. The molecule has 0 fully saturated rings. The minimum atomic E-state index is -4.09. The van der Waals surface area contributed by atoms with Crippen LogP contribution in [0.15, 0.2) is 47.4 Å². The molecular weight excluding hydrogens is 322 g/mol. The van der Waals surface area contributed by atoms with E-state index >= 15 is 0 Å². The van der Waals surface area contributed by atoms with E-state index in [1.54, 1.807) is 12.1 Å². The molecule has 0 bridgehead atoms. The van der Waals surface area contributed by atoms with Crippen molar-refractivity contribution in [3.63, 3.8) is 0 Å². The van der Waals surface area contributed by atoms with E-state index in [0.717, 1.165) is 10.8 Å². The molecule has 124 valence electrons. The van der Waals surface area contributed by atoms with Crippen molar-refractivity contribution < 1.29 is 27.7 Å². The van der Waals surface area contributed by atoms with Crippen LogP contribution >= 0.6 is 0 Å². The standard InChI is InChI=1S/C10H8O3S.C5H9NO3/c11-14(12,13)10-6-5-8-3-1-2-4-9(8)7-10;6-3-4(7)1-2-5(8)9/h1-7H,(H,11,12,13);1-3,6H2,(H,8,9). The second kappa shape index (κ2) is 8.37. The Kier molecular flexibility index (Phi) is 6.83. The van der Waals surface area contributed by atoms with Crippen LogP contribution in [-0.2, 0) is 19.7 Å². The van der Waals surface area contributed by atoms with Gasteiger partial charge in [0, 0.05) is 6.42 Å². The Morgan fingerprint density at radius 2 is 1.61 bits per heavy atom. The number of fused-ring (bicyclic) bond motifs is 1. The molecule has 2 aromatic carbocycles. The molecule has 0 aliphatic rings. The van der Waals surface area contributed by atoms with Gasteiger partial charge < -0.3 is 10.8 Å². The van der Waals surface area contributed by atoms with Gasteiger partial charge in [-0.2, -0.15) is 8.42 Å². The smallest absolute Gasteiger partial charge is 0.303 e. The van der Waals surface area contributed by atoms with E-state index in [1.165, 1.54) is 12.1 Å². The van der Waals surface area contributed by atoms with Crippen molar-refractivity contribution in [2.45, 2.75) is 17.7 Å². The fourth-order valence-corrected chi connectivity index (χ4v) is 2.19. The van der Waals surface area contributed by atoms with E-state index in [0.29, 0.717) is 0 Å². The number of ketones is 1. The second-order valence-electron chi connectivity index (χ2n) is 4.62. The molecular formula is C15H17NO6S. The lowest BCUT2D eigenvalue weighted by Gasteiger charge is -1.99. The first-order valence-electron chi connectivity index (χ1n) is 6.64. The van der Waals surface area contributed by atoms with Gasteiger partial charge in [0.2, 0.25) is 0 Å². The quantitative estimate of drug-likeness (QED) is 0.702. The van der Waals surface area contributed by atoms with E-state index < -0.39 is 16.1 Å². The van der Waals surface area contributed by atoms with E-state index in [-0.39, 0.29) is 30.1 Å². The van der Waals surface area contributed by atoms with Gasteiger partial charge in [-0.3, -0.25) is 14.1 Å². The molecule has 2 aromatic rings. The van der Waals surface area contributed by atoms with Crippen molar-refractivity contribution >= 4 is 32.6 Å². The van der Waals surface area contributed by atoms with Gasteiger partial charge in [-0.25, -0.2) is 0 Å². The number of carboxylic acid groups (broad SMARTS) is 1. The predicted octanol–water partition coefficient (Wildman–Crippen LogP) is 1.47. The van der Waals surface area contributed by atoms with Gasteiger partial charge in [0.25, 0.3) is 10.1 Å². The molecule has 0 amide bonds. The zero-order valence-corrected chi connectivity index (χ0v) is 13.0. The molecule has 0 heterocycles. The Bertz CT molecular complexity index is 800. The molecule has 0 aliphatic heterocycles. The van der Waals surface area contributed by atoms with Crippen LogP contribution in [0.3, 0.4) is 0 Å². The van der Waals surface area contributed by atoms with Crippen molar-refractivity contribution in [3.8, 4) is 0 Å². The van der Waals surface area contributed by atoms with Gasteiger partial charge in [-0.15, -0.1) is 0 Å². The number of carboxylic acids is 1. The second-order valence-corrected chi connectivity index (χ2v) is 6.04. The number of Topliss-reactive ketones (excluding diaryl/α,β-unsaturated/α-hetero) is 1. The van der Waals surface area contributed by atoms with Crippen LogP contribution in [-0.4, -0.2) is 36.4 Å². The Labute approximate surface area is 133 Å². The topological polar surface area (TPSA) is 135 Å². The maximum Gasteiger partial charge on any atom is 0.303 e. The van der Waals surface area contributed by atoms with Gasteiger partial charge in [-0.05, 0) is 22.9 Å². The molecule has 0 saturated carbocycles. The molecule has 0 spiro atoms. The molecule has 0 saturated heterocycles. The summed E-state index contributed by atoms with van der Waals surface area (Å²) in [6.07, 6.45) is -0.0676.